The molecule has 9 nitrogen and oxygen atoms in total. The summed E-state index contributed by atoms with van der Waals surface area (Å²) < 4.78 is 5.78. The van der Waals surface area contributed by atoms with E-state index in [0.717, 1.165) is 28.1 Å². The number of hydrogen-bond donors (Lipinski definition) is 2. The van der Waals surface area contributed by atoms with E-state index >= 15 is 0 Å². The number of para-hydroxylation sites is 2. The Morgan fingerprint density at radius 2 is 1.73 bits per heavy atom. The number of imide groups is 1. The van der Waals surface area contributed by atoms with Crippen LogP contribution in [0.4, 0.5) is 11.4 Å². The van der Waals surface area contributed by atoms with Gasteiger partial charge in [0.25, 0.3) is 0 Å². The van der Waals surface area contributed by atoms with E-state index in [-0.39, 0.29) is 18.2 Å². The number of benzene rings is 3. The van der Waals surface area contributed by atoms with E-state index in [1.165, 1.54) is 16.7 Å². The first-order valence-corrected chi connectivity index (χ1v) is 12.1. The lowest BCUT2D eigenvalue weighted by Gasteiger charge is -2.15. The second-order valence-corrected chi connectivity index (χ2v) is 9.37. The Hall–Kier alpha value is -4.70. The molecular formula is C27H19N3O6S. The summed E-state index contributed by atoms with van der Waals surface area (Å²) in [7, 11) is 0. The summed E-state index contributed by atoms with van der Waals surface area (Å²) in [5.41, 5.74) is 3.11. The van der Waals surface area contributed by atoms with E-state index in [1.54, 1.807) is 48.5 Å². The number of oxazole rings is 1. The molecule has 3 aromatic carbocycles. The Morgan fingerprint density at radius 3 is 2.43 bits per heavy atom. The van der Waals surface area contributed by atoms with Crippen LogP contribution in [0.1, 0.15) is 6.42 Å². The molecule has 1 saturated heterocycles. The van der Waals surface area contributed by atoms with Crippen LogP contribution in [0.2, 0.25) is 0 Å². The van der Waals surface area contributed by atoms with Crippen LogP contribution >= 0.6 is 11.8 Å². The molecule has 1 aliphatic rings. The molecule has 0 spiro atoms. The number of fused-ring (bicyclic) bond motifs is 1. The van der Waals surface area contributed by atoms with E-state index in [9.17, 15) is 19.2 Å². The zero-order chi connectivity index (χ0) is 25.9. The van der Waals surface area contributed by atoms with Gasteiger partial charge >= 0.3 is 5.97 Å². The maximum atomic E-state index is 13.1. The largest absolute Gasteiger partial charge is 0.478 e. The Kier molecular flexibility index (Phi) is 6.57. The van der Waals surface area contributed by atoms with Crippen molar-refractivity contribution in [2.75, 3.05) is 10.2 Å². The number of carbonyl (C=O) groups excluding carboxylic acids is 3. The molecule has 1 aromatic heterocycles. The van der Waals surface area contributed by atoms with Crippen molar-refractivity contribution in [2.45, 2.75) is 16.6 Å². The molecule has 1 fully saturated rings. The number of anilines is 2. The third-order valence-electron chi connectivity index (χ3n) is 5.55. The van der Waals surface area contributed by atoms with Crippen molar-refractivity contribution in [2.24, 2.45) is 0 Å². The number of carboxylic acid groups (broad SMARTS) is 1. The Morgan fingerprint density at radius 1 is 1.00 bits per heavy atom. The average molecular weight is 514 g/mol. The minimum Gasteiger partial charge on any atom is -0.478 e. The summed E-state index contributed by atoms with van der Waals surface area (Å²) in [6.07, 6.45) is 1.73. The Balaban J connectivity index is 1.24. The maximum absolute atomic E-state index is 13.1. The number of hydrogen-bond acceptors (Lipinski definition) is 7. The zero-order valence-corrected chi connectivity index (χ0v) is 20.0. The quantitative estimate of drug-likeness (QED) is 0.273. The second kappa shape index (κ2) is 10.1. The number of amides is 3. The minimum atomic E-state index is -1.22. The summed E-state index contributed by atoms with van der Waals surface area (Å²) in [4.78, 5) is 54.4. The zero-order valence-electron chi connectivity index (χ0n) is 19.2. The SMILES string of the molecule is O=C(O)/C=C/C(=O)Nc1ccc(SC2CC(=O)N(c3ccc(-c4nc5ccccc5o4)cc3)C2=O)cc1. The molecule has 0 radical (unpaired) electrons. The van der Waals surface area contributed by atoms with Crippen LogP contribution in [0.5, 0.6) is 0 Å². The molecule has 37 heavy (non-hydrogen) atoms. The summed E-state index contributed by atoms with van der Waals surface area (Å²) >= 11 is 1.26. The summed E-state index contributed by atoms with van der Waals surface area (Å²) in [5.74, 6) is -1.92. The van der Waals surface area contributed by atoms with Crippen molar-refractivity contribution < 1.29 is 28.7 Å². The van der Waals surface area contributed by atoms with Gasteiger partial charge in [0, 0.05) is 34.7 Å². The van der Waals surface area contributed by atoms with Gasteiger partial charge in [0.15, 0.2) is 5.58 Å². The van der Waals surface area contributed by atoms with Crippen LogP contribution < -0.4 is 10.2 Å². The van der Waals surface area contributed by atoms with Crippen molar-refractivity contribution in [1.82, 2.24) is 4.98 Å². The highest BCUT2D eigenvalue weighted by Crippen LogP contribution is 2.35. The van der Waals surface area contributed by atoms with E-state index in [1.807, 2.05) is 24.3 Å². The molecule has 1 aliphatic heterocycles. The van der Waals surface area contributed by atoms with Crippen LogP contribution in [-0.4, -0.2) is 39.0 Å². The van der Waals surface area contributed by atoms with Gasteiger partial charge in [-0.05, 0) is 60.7 Å². The Bertz CT molecular complexity index is 1510. The van der Waals surface area contributed by atoms with E-state index in [0.29, 0.717) is 22.8 Å². The fourth-order valence-corrected chi connectivity index (χ4v) is 4.88. The number of carbonyl (C=O) groups is 4. The molecule has 0 bridgehead atoms. The first-order chi connectivity index (χ1) is 17.9. The van der Waals surface area contributed by atoms with Gasteiger partial charge in [-0.15, -0.1) is 11.8 Å². The normalized spacial score (nSPS) is 15.6. The van der Waals surface area contributed by atoms with Crippen LogP contribution in [0, 0.1) is 0 Å². The maximum Gasteiger partial charge on any atom is 0.328 e. The fraction of sp³-hybridized carbons (Fsp3) is 0.0741. The molecule has 1 unspecified atom stereocenters. The lowest BCUT2D eigenvalue weighted by Crippen LogP contribution is -2.31. The molecule has 5 rings (SSSR count). The molecule has 1 atom stereocenters. The fourth-order valence-electron chi connectivity index (χ4n) is 3.83. The Labute approximate surface area is 214 Å². The van der Waals surface area contributed by atoms with Crippen LogP contribution in [0.15, 0.2) is 94.3 Å². The van der Waals surface area contributed by atoms with Gasteiger partial charge in [-0.1, -0.05) is 12.1 Å². The van der Waals surface area contributed by atoms with Crippen molar-refractivity contribution >= 4 is 57.9 Å². The van der Waals surface area contributed by atoms with Gasteiger partial charge in [-0.3, -0.25) is 14.4 Å². The molecule has 2 N–H and O–H groups in total. The van der Waals surface area contributed by atoms with Crippen molar-refractivity contribution in [1.29, 1.82) is 0 Å². The lowest BCUT2D eigenvalue weighted by molar-refractivity contribution is -0.131. The summed E-state index contributed by atoms with van der Waals surface area (Å²) in [6.45, 7) is 0. The predicted octanol–water partition coefficient (Wildman–Crippen LogP) is 4.50. The molecular weight excluding hydrogens is 494 g/mol. The highest BCUT2D eigenvalue weighted by molar-refractivity contribution is 8.00. The summed E-state index contributed by atoms with van der Waals surface area (Å²) in [6, 6.07) is 21.1. The highest BCUT2D eigenvalue weighted by atomic mass is 32.2. The molecule has 0 aliphatic carbocycles. The van der Waals surface area contributed by atoms with Gasteiger partial charge in [0.2, 0.25) is 23.6 Å². The first-order valence-electron chi connectivity index (χ1n) is 11.2. The minimum absolute atomic E-state index is 0.0643. The van der Waals surface area contributed by atoms with Crippen molar-refractivity contribution in [3.8, 4) is 11.5 Å². The molecule has 10 heteroatoms. The smallest absolute Gasteiger partial charge is 0.328 e. The number of nitrogens with zero attached hydrogens (tertiary/aromatic N) is 2. The third-order valence-corrected chi connectivity index (χ3v) is 6.75. The average Bonchev–Trinajstić information content (AvgIpc) is 3.44. The number of carboxylic acids is 1. The number of nitrogens with one attached hydrogen (secondary N) is 1. The van der Waals surface area contributed by atoms with Gasteiger partial charge < -0.3 is 14.8 Å². The van der Waals surface area contributed by atoms with Gasteiger partial charge in [0.05, 0.1) is 10.9 Å². The molecule has 4 aromatic rings. The van der Waals surface area contributed by atoms with Crippen molar-refractivity contribution in [3.63, 3.8) is 0 Å². The molecule has 0 saturated carbocycles. The first kappa shape index (κ1) is 24.0. The number of thioether (sulfide) groups is 1. The number of aliphatic carboxylic acids is 1. The lowest BCUT2D eigenvalue weighted by atomic mass is 10.2. The van der Waals surface area contributed by atoms with Gasteiger partial charge in [-0.25, -0.2) is 14.7 Å². The third kappa shape index (κ3) is 5.29. The van der Waals surface area contributed by atoms with Crippen LogP contribution in [-0.2, 0) is 19.2 Å². The van der Waals surface area contributed by atoms with E-state index < -0.39 is 17.1 Å². The van der Waals surface area contributed by atoms with E-state index in [2.05, 4.69) is 10.3 Å². The number of rotatable bonds is 7. The van der Waals surface area contributed by atoms with Crippen molar-refractivity contribution in [3.05, 3.63) is 84.9 Å². The molecule has 3 amide bonds. The monoisotopic (exact) mass is 513 g/mol. The second-order valence-electron chi connectivity index (χ2n) is 8.10. The number of aromatic nitrogens is 1. The summed E-state index contributed by atoms with van der Waals surface area (Å²) in [5, 5.41) is 10.6. The van der Waals surface area contributed by atoms with Crippen LogP contribution in [0.25, 0.3) is 22.6 Å². The van der Waals surface area contributed by atoms with Gasteiger partial charge in [0.1, 0.15) is 5.52 Å². The molecule has 2 heterocycles. The van der Waals surface area contributed by atoms with E-state index in [4.69, 9.17) is 9.52 Å². The predicted molar refractivity (Wildman–Crippen MR) is 138 cm³/mol. The van der Waals surface area contributed by atoms with Gasteiger partial charge in [-0.2, -0.15) is 0 Å². The highest BCUT2D eigenvalue weighted by Gasteiger charge is 2.40. The molecule has 184 valence electrons. The standard InChI is InChI=1S/C27H19N3O6S/c31-23(13-14-25(33)34)28-17-7-11-19(12-8-17)37-22-15-24(32)30(27(22)35)18-9-5-16(6-10-18)26-29-20-3-1-2-4-21(20)36-26/h1-14,22H,15H2,(H,28,31)(H,33,34)/b14-13+. The topological polar surface area (TPSA) is 130 Å². The van der Waals surface area contributed by atoms with Crippen LogP contribution in [0.3, 0.4) is 0 Å².